The van der Waals surface area contributed by atoms with Gasteiger partial charge in [-0.1, -0.05) is 106 Å². The molecule has 22 heteroatoms. The van der Waals surface area contributed by atoms with Crippen LogP contribution < -0.4 is 26.6 Å². The van der Waals surface area contributed by atoms with E-state index in [9.17, 15) is 43.5 Å². The van der Waals surface area contributed by atoms with Crippen molar-refractivity contribution in [3.05, 3.63) is 81.4 Å². The van der Waals surface area contributed by atoms with E-state index in [0.717, 1.165) is 16.7 Å². The Morgan fingerprint density at radius 3 is 2.38 bits per heavy atom. The van der Waals surface area contributed by atoms with Gasteiger partial charge in [0, 0.05) is 74.6 Å². The van der Waals surface area contributed by atoms with Crippen molar-refractivity contribution in [3.8, 4) is 0 Å². The number of allylic oxidation sites excluding steroid dienone is 3. The number of rotatable bonds is 24. The molecule has 3 aliphatic rings. The van der Waals surface area contributed by atoms with Crippen LogP contribution in [0.1, 0.15) is 121 Å². The first-order valence-electron chi connectivity index (χ1n) is 28.0. The van der Waals surface area contributed by atoms with Gasteiger partial charge in [-0.15, -0.1) is 0 Å². The predicted octanol–water partition coefficient (Wildman–Crippen LogP) is 9.02. The maximum Gasteiger partial charge on any atom is 0.412 e. The molecule has 2 saturated heterocycles. The normalized spacial score (nSPS) is 24.7. The number of primary amides is 1. The molecule has 0 saturated carbocycles. The summed E-state index contributed by atoms with van der Waals surface area (Å²) < 4.78 is 29.4. The quantitative estimate of drug-likeness (QED) is 0.0216. The van der Waals surface area contributed by atoms with Crippen LogP contribution in [0.5, 0.6) is 0 Å². The second-order valence-electron chi connectivity index (χ2n) is 22.6. The van der Waals surface area contributed by atoms with Gasteiger partial charge in [0.05, 0.1) is 48.2 Å². The highest BCUT2D eigenvalue weighted by Gasteiger charge is 2.64. The number of aryl methyl sites for hydroxylation is 2. The molecule has 0 radical (unpaired) electrons. The van der Waals surface area contributed by atoms with E-state index in [0.29, 0.717) is 70.3 Å². The van der Waals surface area contributed by atoms with Crippen LogP contribution in [0.3, 0.4) is 0 Å². The van der Waals surface area contributed by atoms with Gasteiger partial charge in [-0.25, -0.2) is 9.59 Å². The Morgan fingerprint density at radius 1 is 1.00 bits per heavy atom. The molecule has 9 atom stereocenters. The third-order valence-electron chi connectivity index (χ3n) is 15.7. The number of benzene rings is 2. The Balaban J connectivity index is 1.30. The van der Waals surface area contributed by atoms with Gasteiger partial charge in [-0.05, 0) is 107 Å². The van der Waals surface area contributed by atoms with Gasteiger partial charge in [0.1, 0.15) is 35.3 Å². The van der Waals surface area contributed by atoms with Crippen LogP contribution in [0.15, 0.2) is 54.1 Å². The number of esters is 2. The lowest BCUT2D eigenvalue weighted by Gasteiger charge is -2.41. The molecule has 6 N–H and O–H groups in total. The molecule has 2 aromatic rings. The first kappa shape index (κ1) is 67.6. The van der Waals surface area contributed by atoms with Crippen molar-refractivity contribution < 1.29 is 67.1 Å². The number of methoxy groups -OCH3 is 1. The van der Waals surface area contributed by atoms with Crippen LogP contribution in [0.25, 0.3) is 0 Å². The summed E-state index contributed by atoms with van der Waals surface area (Å²) in [6.07, 6.45) is 3.20. The number of ketones is 2. The highest BCUT2D eigenvalue weighted by atomic mass is 79.9. The SMILES string of the molecule is CO[C@@H]1/C=C/C=C(\C)Cc2cc(C)c(Cl)c(c2)N(C)C(=O)C[C@H](OC(=O)Nc2ccc(CC(=O)[C@H](CCCNC(N)=O)NC(=O)[C@@H](CC(=O)CCCCCOC(=O)C(CBr)CBr)C(C)C)cc2C)[C@]2(C)O[C@H]2[C@H](C)[C@@H]2C[C@@]1(O)CC(=O)O2. The second kappa shape index (κ2) is 31.1. The predicted molar refractivity (Wildman–Crippen MR) is 319 cm³/mol. The number of Topliss-reactive ketones (excluding diaryl/α,β-unsaturated/α-hetero) is 2. The van der Waals surface area contributed by atoms with Gasteiger partial charge in [0.25, 0.3) is 0 Å². The third-order valence-corrected chi connectivity index (χ3v) is 17.7. The number of fused-ring (bicyclic) bond motifs is 5. The summed E-state index contributed by atoms with van der Waals surface area (Å²) in [4.78, 5) is 108. The van der Waals surface area contributed by atoms with Crippen LogP contribution in [-0.2, 0) is 65.3 Å². The molecule has 5 amide bonds. The van der Waals surface area contributed by atoms with E-state index >= 15 is 0 Å². The molecular formula is C60H82Br2ClN5O14. The molecule has 82 heavy (non-hydrogen) atoms. The number of hydrogen-bond donors (Lipinski definition) is 5. The van der Waals surface area contributed by atoms with Crippen LogP contribution in [0, 0.1) is 37.5 Å². The highest BCUT2D eigenvalue weighted by Crippen LogP contribution is 2.50. The topological polar surface area (TPSA) is 272 Å². The van der Waals surface area contributed by atoms with Crippen LogP contribution in [0.4, 0.5) is 21.0 Å². The lowest BCUT2D eigenvalue weighted by molar-refractivity contribution is -0.187. The summed E-state index contributed by atoms with van der Waals surface area (Å²) in [5.41, 5.74) is 6.93. The minimum Gasteiger partial charge on any atom is -0.465 e. The number of hydrogen-bond acceptors (Lipinski definition) is 14. The molecule has 5 rings (SSSR count). The van der Waals surface area contributed by atoms with Gasteiger partial charge in [0.2, 0.25) is 11.8 Å². The van der Waals surface area contributed by atoms with Crippen molar-refractivity contribution in [1.29, 1.82) is 0 Å². The molecule has 2 fully saturated rings. The number of carbonyl (C=O) groups is 8. The smallest absolute Gasteiger partial charge is 0.412 e. The minimum atomic E-state index is -1.62. The Labute approximate surface area is 503 Å². The number of amides is 5. The molecule has 0 unspecified atom stereocenters. The molecule has 4 bridgehead atoms. The molecule has 3 heterocycles. The van der Waals surface area contributed by atoms with E-state index in [1.807, 2.05) is 52.8 Å². The summed E-state index contributed by atoms with van der Waals surface area (Å²) >= 11 is 13.5. The first-order valence-corrected chi connectivity index (χ1v) is 30.6. The Hall–Kier alpha value is -5.19. The summed E-state index contributed by atoms with van der Waals surface area (Å²) in [5, 5.41) is 21.6. The van der Waals surface area contributed by atoms with E-state index in [2.05, 4.69) is 47.8 Å². The van der Waals surface area contributed by atoms with Crippen molar-refractivity contribution in [2.24, 2.45) is 29.4 Å². The molecule has 452 valence electrons. The fraction of sp³-hybridized carbons (Fsp3) is 0.600. The van der Waals surface area contributed by atoms with E-state index in [4.69, 9.17) is 41.0 Å². The molecule has 3 aliphatic heterocycles. The lowest BCUT2D eigenvalue weighted by atomic mass is 9.78. The molecule has 0 aromatic heterocycles. The number of ether oxygens (including phenoxy) is 5. The number of nitrogens with two attached hydrogens (primary N) is 1. The van der Waals surface area contributed by atoms with Crippen molar-refractivity contribution in [2.45, 2.75) is 167 Å². The molecule has 19 nitrogen and oxygen atoms in total. The number of nitrogens with one attached hydrogen (secondary N) is 3. The maximum absolute atomic E-state index is 14.4. The number of epoxide rings is 1. The molecule has 0 aliphatic carbocycles. The van der Waals surface area contributed by atoms with Gasteiger partial charge in [-0.3, -0.25) is 34.1 Å². The van der Waals surface area contributed by atoms with Crippen molar-refractivity contribution in [3.63, 3.8) is 0 Å². The number of anilines is 2. The average molecular weight is 1290 g/mol. The summed E-state index contributed by atoms with van der Waals surface area (Å²) in [5.74, 6) is -3.98. The van der Waals surface area contributed by atoms with Crippen LogP contribution in [-0.4, -0.2) is 132 Å². The van der Waals surface area contributed by atoms with E-state index in [-0.39, 0.29) is 87.5 Å². The second-order valence-corrected chi connectivity index (χ2v) is 24.3. The minimum absolute atomic E-state index is 0.0193. The molecular weight excluding hydrogens is 1210 g/mol. The summed E-state index contributed by atoms with van der Waals surface area (Å²) in [7, 11) is 3.06. The maximum atomic E-state index is 14.4. The third kappa shape index (κ3) is 18.9. The number of aliphatic hydroxyl groups is 1. The highest BCUT2D eigenvalue weighted by molar-refractivity contribution is 9.09. The lowest BCUT2D eigenvalue weighted by Crippen LogP contribution is -2.53. The zero-order valence-electron chi connectivity index (χ0n) is 48.5. The Morgan fingerprint density at radius 2 is 1.72 bits per heavy atom. The number of alkyl halides is 2. The standard InChI is InChI=1S/C60H82Br2ClN5O14/c1-34(2)43(28-42(69)16-11-10-12-22-79-56(74)41(32-61)33-62)55(73)66-45(17-14-21-65-57(64)75)47(70)27-39-19-20-44(36(4)24-39)67-58(76)81-50-29-51(71)68(8)46-26-40(25-37(5)53(46)63)23-35(3)15-13-18-49(78-9)60(77)30-48(80-52(72)31-60)38(6)54-59(50,7)82-54/h13,15,18-20,24-26,34,38,41,43,45,48-50,54,77H,10-12,14,16-17,21-23,27-33H2,1-9H3,(H,66,73)(H,67,76)(H3,64,65,75)/b18-13+,35-15+/t38-,43+,45+,48+,49-,50+,54+,59+,60-/m1/s1. The summed E-state index contributed by atoms with van der Waals surface area (Å²) in [6, 6.07) is 7.07. The van der Waals surface area contributed by atoms with Gasteiger partial charge in [0.15, 0.2) is 5.78 Å². The fourth-order valence-corrected chi connectivity index (χ4v) is 12.4. The first-order chi connectivity index (χ1) is 38.7. The Kier molecular flexibility index (Phi) is 25.6. The fourth-order valence-electron chi connectivity index (χ4n) is 10.6. The largest absolute Gasteiger partial charge is 0.465 e. The van der Waals surface area contributed by atoms with Crippen molar-refractivity contribution in [1.82, 2.24) is 10.6 Å². The summed E-state index contributed by atoms with van der Waals surface area (Å²) in [6.45, 7) is 13.2. The van der Waals surface area contributed by atoms with E-state index in [1.165, 1.54) is 12.0 Å². The number of nitrogens with zero attached hydrogens (tertiary/aromatic N) is 1. The van der Waals surface area contributed by atoms with Crippen molar-refractivity contribution in [2.75, 3.05) is 48.2 Å². The van der Waals surface area contributed by atoms with Gasteiger partial charge >= 0.3 is 24.1 Å². The van der Waals surface area contributed by atoms with Crippen molar-refractivity contribution >= 4 is 102 Å². The van der Waals surface area contributed by atoms with E-state index < -0.39 is 83.4 Å². The number of halogens is 3. The number of unbranched alkanes of at least 4 members (excludes halogenated alkanes) is 2. The monoisotopic (exact) mass is 1290 g/mol. The van der Waals surface area contributed by atoms with Gasteiger partial charge in [-0.2, -0.15) is 0 Å². The molecule has 0 spiro atoms. The molecule has 2 aromatic carbocycles. The zero-order chi connectivity index (χ0) is 60.6. The van der Waals surface area contributed by atoms with Crippen LogP contribution >= 0.6 is 43.5 Å². The number of urea groups is 1. The Bertz CT molecular complexity index is 2700. The zero-order valence-corrected chi connectivity index (χ0v) is 52.5. The average Bonchev–Trinajstić information content (AvgIpc) is 3.51. The number of carbonyl (C=O) groups excluding carboxylic acids is 8. The van der Waals surface area contributed by atoms with Gasteiger partial charge < -0.3 is 50.1 Å². The van der Waals surface area contributed by atoms with E-state index in [1.54, 1.807) is 51.2 Å². The van der Waals surface area contributed by atoms with Crippen LogP contribution in [0.2, 0.25) is 5.02 Å².